The predicted octanol–water partition coefficient (Wildman–Crippen LogP) is 5.56. The first kappa shape index (κ1) is 19.3. The normalized spacial score (nSPS) is 11.0. The summed E-state index contributed by atoms with van der Waals surface area (Å²) in [6, 6.07) is 9.95. The molecule has 0 heterocycles. The van der Waals surface area contributed by atoms with Gasteiger partial charge < -0.3 is 9.47 Å². The van der Waals surface area contributed by atoms with Crippen LogP contribution in [0.3, 0.4) is 0 Å². The molecule has 0 aliphatic carbocycles. The van der Waals surface area contributed by atoms with Crippen molar-refractivity contribution in [3.05, 3.63) is 61.5 Å². The molecule has 2 aromatic rings. The molecular formula is C18H12BrCl2NO3. The molecule has 0 spiro atoms. The van der Waals surface area contributed by atoms with E-state index in [0.29, 0.717) is 21.5 Å². The van der Waals surface area contributed by atoms with E-state index in [0.717, 1.165) is 0 Å². The van der Waals surface area contributed by atoms with E-state index in [-0.39, 0.29) is 21.2 Å². The molecule has 0 unspecified atom stereocenters. The third-order valence-corrected chi connectivity index (χ3v) is 4.67. The summed E-state index contributed by atoms with van der Waals surface area (Å²) in [6.07, 6.45) is 1.44. The highest BCUT2D eigenvalue weighted by atomic mass is 79.9. The summed E-state index contributed by atoms with van der Waals surface area (Å²) >= 11 is 15.5. The maximum atomic E-state index is 12.7. The van der Waals surface area contributed by atoms with E-state index in [1.54, 1.807) is 30.3 Å². The average molecular weight is 441 g/mol. The Labute approximate surface area is 163 Å². The number of halogens is 3. The molecule has 0 bridgehead atoms. The molecule has 0 amide bonds. The van der Waals surface area contributed by atoms with E-state index in [9.17, 15) is 10.1 Å². The zero-order valence-corrected chi connectivity index (χ0v) is 16.4. The minimum Gasteiger partial charge on any atom is -0.493 e. The molecule has 0 N–H and O–H groups in total. The smallest absolute Gasteiger partial charge is 0.206 e. The Kier molecular flexibility index (Phi) is 6.49. The summed E-state index contributed by atoms with van der Waals surface area (Å²) in [5.41, 5.74) is 0.559. The van der Waals surface area contributed by atoms with Crippen LogP contribution < -0.4 is 9.47 Å². The van der Waals surface area contributed by atoms with Crippen LogP contribution in [0.1, 0.15) is 15.9 Å². The van der Waals surface area contributed by atoms with Crippen LogP contribution in [0.15, 0.2) is 40.4 Å². The number of ether oxygens (including phenoxy) is 2. The van der Waals surface area contributed by atoms with Crippen LogP contribution in [-0.4, -0.2) is 20.0 Å². The first-order valence-electron chi connectivity index (χ1n) is 6.95. The van der Waals surface area contributed by atoms with E-state index in [1.807, 2.05) is 6.07 Å². The number of nitrogens with zero attached hydrogens (tertiary/aromatic N) is 1. The second-order valence-electron chi connectivity index (χ2n) is 4.82. The highest BCUT2D eigenvalue weighted by Crippen LogP contribution is 2.35. The Morgan fingerprint density at radius 3 is 2.24 bits per heavy atom. The number of rotatable bonds is 5. The summed E-state index contributed by atoms with van der Waals surface area (Å²) < 4.78 is 11.1. The second kappa shape index (κ2) is 8.39. The fraction of sp³-hybridized carbons (Fsp3) is 0.111. The van der Waals surface area contributed by atoms with Crippen molar-refractivity contribution in [1.82, 2.24) is 0 Å². The number of hydrogen-bond donors (Lipinski definition) is 0. The third-order valence-electron chi connectivity index (χ3n) is 3.36. The number of carbonyl (C=O) groups is 1. The number of allylic oxidation sites excluding steroid dienone is 1. The van der Waals surface area contributed by atoms with Crippen LogP contribution in [0.4, 0.5) is 0 Å². The lowest BCUT2D eigenvalue weighted by atomic mass is 10.0. The third kappa shape index (κ3) is 4.16. The van der Waals surface area contributed by atoms with E-state index >= 15 is 0 Å². The quantitative estimate of drug-likeness (QED) is 0.346. The first-order chi connectivity index (χ1) is 11.9. The van der Waals surface area contributed by atoms with Gasteiger partial charge in [-0.3, -0.25) is 4.79 Å². The summed E-state index contributed by atoms with van der Waals surface area (Å²) in [4.78, 5) is 12.7. The molecule has 0 aliphatic heterocycles. The van der Waals surface area contributed by atoms with Crippen LogP contribution in [0.5, 0.6) is 11.5 Å². The number of carbonyl (C=O) groups excluding carboxylic acids is 1. The maximum absolute atomic E-state index is 12.7. The lowest BCUT2D eigenvalue weighted by Crippen LogP contribution is -2.04. The molecule has 0 aliphatic rings. The summed E-state index contributed by atoms with van der Waals surface area (Å²) in [6.45, 7) is 0. The van der Waals surface area contributed by atoms with Gasteiger partial charge >= 0.3 is 0 Å². The number of Topliss-reactive ketones (excluding diaryl/α,β-unsaturated/α-hetero) is 1. The number of ketones is 1. The summed E-state index contributed by atoms with van der Waals surface area (Å²) in [5.74, 6) is 0.433. The largest absolute Gasteiger partial charge is 0.493 e. The Hall–Kier alpha value is -2.00. The molecule has 7 heteroatoms. The number of benzene rings is 2. The Balaban J connectivity index is 2.55. The van der Waals surface area contributed by atoms with Gasteiger partial charge in [0, 0.05) is 4.47 Å². The van der Waals surface area contributed by atoms with E-state index in [2.05, 4.69) is 15.9 Å². The molecule has 4 nitrogen and oxygen atoms in total. The summed E-state index contributed by atoms with van der Waals surface area (Å²) in [7, 11) is 3.02. The number of hydrogen-bond acceptors (Lipinski definition) is 4. The van der Waals surface area contributed by atoms with Gasteiger partial charge in [-0.05, 0) is 35.9 Å². The molecule has 0 radical (unpaired) electrons. The lowest BCUT2D eigenvalue weighted by Gasteiger charge is -2.10. The van der Waals surface area contributed by atoms with Crippen LogP contribution in [0.2, 0.25) is 10.0 Å². The molecule has 0 fully saturated rings. The monoisotopic (exact) mass is 439 g/mol. The second-order valence-corrected chi connectivity index (χ2v) is 6.49. The van der Waals surface area contributed by atoms with Crippen molar-refractivity contribution in [2.24, 2.45) is 0 Å². The Bertz CT molecular complexity index is 884. The standard InChI is InChI=1S/C18H12BrCl2NO3/c1-24-15-7-10(12(19)8-16(15)25-2)6-11(9-22)18(23)17-13(20)4-3-5-14(17)21/h3-8H,1-2H3/b11-6+. The molecule has 2 aromatic carbocycles. The van der Waals surface area contributed by atoms with E-state index in [4.69, 9.17) is 32.7 Å². The highest BCUT2D eigenvalue weighted by molar-refractivity contribution is 9.10. The first-order valence-corrected chi connectivity index (χ1v) is 8.49. The molecule has 128 valence electrons. The molecule has 0 aromatic heterocycles. The zero-order chi connectivity index (χ0) is 18.6. The van der Waals surface area contributed by atoms with Crippen molar-refractivity contribution >= 4 is 51.0 Å². The molecule has 0 atom stereocenters. The van der Waals surface area contributed by atoms with Crippen molar-refractivity contribution in [2.75, 3.05) is 14.2 Å². The van der Waals surface area contributed by atoms with Gasteiger partial charge in [0.1, 0.15) is 11.6 Å². The Morgan fingerprint density at radius 1 is 1.16 bits per heavy atom. The van der Waals surface area contributed by atoms with Crippen molar-refractivity contribution in [2.45, 2.75) is 0 Å². The molecule has 2 rings (SSSR count). The number of nitriles is 1. The minimum absolute atomic E-state index is 0.0928. The van der Waals surface area contributed by atoms with Gasteiger partial charge in [0.05, 0.1) is 29.8 Å². The summed E-state index contributed by atoms with van der Waals surface area (Å²) in [5, 5.41) is 9.79. The molecular weight excluding hydrogens is 429 g/mol. The molecule has 25 heavy (non-hydrogen) atoms. The SMILES string of the molecule is COc1cc(Br)c(/C=C(\C#N)C(=O)c2c(Cl)cccc2Cl)cc1OC. The maximum Gasteiger partial charge on any atom is 0.206 e. The zero-order valence-electron chi connectivity index (χ0n) is 13.3. The van der Waals surface area contributed by atoms with Crippen molar-refractivity contribution in [3.8, 4) is 17.6 Å². The molecule has 0 saturated heterocycles. The topological polar surface area (TPSA) is 59.3 Å². The van der Waals surface area contributed by atoms with Gasteiger partial charge in [-0.2, -0.15) is 5.26 Å². The van der Waals surface area contributed by atoms with Gasteiger partial charge in [0.2, 0.25) is 5.78 Å². The van der Waals surface area contributed by atoms with Gasteiger partial charge in [-0.15, -0.1) is 0 Å². The van der Waals surface area contributed by atoms with Crippen LogP contribution in [0, 0.1) is 11.3 Å². The predicted molar refractivity (Wildman–Crippen MR) is 102 cm³/mol. The Morgan fingerprint density at radius 2 is 1.72 bits per heavy atom. The van der Waals surface area contributed by atoms with Gasteiger partial charge in [-0.1, -0.05) is 45.2 Å². The van der Waals surface area contributed by atoms with E-state index in [1.165, 1.54) is 20.3 Å². The fourth-order valence-corrected chi connectivity index (χ4v) is 3.14. The lowest BCUT2D eigenvalue weighted by molar-refractivity contribution is 0.104. The fourth-order valence-electron chi connectivity index (χ4n) is 2.13. The minimum atomic E-state index is -0.556. The van der Waals surface area contributed by atoms with Crippen LogP contribution in [-0.2, 0) is 0 Å². The molecule has 0 saturated carbocycles. The van der Waals surface area contributed by atoms with Gasteiger partial charge in [0.25, 0.3) is 0 Å². The van der Waals surface area contributed by atoms with Crippen molar-refractivity contribution in [3.63, 3.8) is 0 Å². The van der Waals surface area contributed by atoms with Crippen molar-refractivity contribution < 1.29 is 14.3 Å². The number of methoxy groups -OCH3 is 2. The van der Waals surface area contributed by atoms with Crippen molar-refractivity contribution in [1.29, 1.82) is 5.26 Å². The van der Waals surface area contributed by atoms with Crippen LogP contribution >= 0.6 is 39.1 Å². The highest BCUT2D eigenvalue weighted by Gasteiger charge is 2.19. The van der Waals surface area contributed by atoms with Gasteiger partial charge in [-0.25, -0.2) is 0 Å². The average Bonchev–Trinajstić information content (AvgIpc) is 2.60. The van der Waals surface area contributed by atoms with Gasteiger partial charge in [0.15, 0.2) is 11.5 Å². The van der Waals surface area contributed by atoms with E-state index < -0.39 is 5.78 Å². The van der Waals surface area contributed by atoms with Crippen LogP contribution in [0.25, 0.3) is 6.08 Å².